The van der Waals surface area contributed by atoms with E-state index in [4.69, 9.17) is 0 Å². The molecule has 0 saturated carbocycles. The Morgan fingerprint density at radius 3 is 2.66 bits per heavy atom. The predicted molar refractivity (Wildman–Crippen MR) is 118 cm³/mol. The molecule has 2 aromatic carbocycles. The number of rotatable bonds is 7. The lowest BCUT2D eigenvalue weighted by molar-refractivity contribution is -0.132. The van der Waals surface area contributed by atoms with Crippen molar-refractivity contribution < 1.29 is 9.90 Å². The van der Waals surface area contributed by atoms with E-state index in [0.717, 1.165) is 38.5 Å². The highest BCUT2D eigenvalue weighted by Gasteiger charge is 2.35. The molecule has 3 aromatic rings. The van der Waals surface area contributed by atoms with Gasteiger partial charge in [-0.25, -0.2) is 4.79 Å². The highest BCUT2D eigenvalue weighted by molar-refractivity contribution is 5.87. The third-order valence-electron chi connectivity index (χ3n) is 6.42. The lowest BCUT2D eigenvalue weighted by Gasteiger charge is -2.36. The van der Waals surface area contributed by atoms with Crippen molar-refractivity contribution in [1.82, 2.24) is 4.98 Å². The Hall–Kier alpha value is -2.81. The maximum atomic E-state index is 11.8. The maximum absolute atomic E-state index is 11.8. The van der Waals surface area contributed by atoms with Crippen LogP contribution in [0.15, 0.2) is 66.2 Å². The fourth-order valence-corrected chi connectivity index (χ4v) is 4.87. The lowest BCUT2D eigenvalue weighted by atomic mass is 9.68. The minimum absolute atomic E-state index is 0.0868. The number of aromatic amines is 1. The van der Waals surface area contributed by atoms with E-state index in [1.54, 1.807) is 0 Å². The topological polar surface area (TPSA) is 53.1 Å². The van der Waals surface area contributed by atoms with Crippen molar-refractivity contribution >= 4 is 16.9 Å². The summed E-state index contributed by atoms with van der Waals surface area (Å²) in [5.41, 5.74) is 5.71. The summed E-state index contributed by atoms with van der Waals surface area (Å²) < 4.78 is 0. The van der Waals surface area contributed by atoms with Crippen LogP contribution in [0.2, 0.25) is 0 Å². The number of aliphatic carboxylic acids is 1. The number of hydrogen-bond donors (Lipinski definition) is 2. The Kier molecular flexibility index (Phi) is 5.57. The Morgan fingerprint density at radius 1 is 1.14 bits per heavy atom. The standard InChI is InChI=1S/C26H29NO2/c1-2-20(25(28)29)17-26(15-8-11-19-9-4-3-5-10-19)16-14-24-22(18-26)21-12-6-7-13-23(21)27-24/h3-7,9-10,12-13,17,27H,2,8,11,14-16,18H2,1H3,(H,28,29)/b20-17+. The molecule has 150 valence electrons. The molecule has 1 unspecified atom stereocenters. The van der Waals surface area contributed by atoms with E-state index in [9.17, 15) is 9.90 Å². The molecular weight excluding hydrogens is 358 g/mol. The number of fused-ring (bicyclic) bond motifs is 3. The smallest absolute Gasteiger partial charge is 0.331 e. The molecule has 1 heterocycles. The van der Waals surface area contributed by atoms with E-state index in [-0.39, 0.29) is 5.41 Å². The van der Waals surface area contributed by atoms with Crippen LogP contribution in [0.4, 0.5) is 0 Å². The molecule has 2 N–H and O–H groups in total. The maximum Gasteiger partial charge on any atom is 0.331 e. The molecule has 29 heavy (non-hydrogen) atoms. The summed E-state index contributed by atoms with van der Waals surface area (Å²) >= 11 is 0. The summed E-state index contributed by atoms with van der Waals surface area (Å²) in [4.78, 5) is 15.4. The first-order chi connectivity index (χ1) is 14.1. The number of para-hydroxylation sites is 1. The van der Waals surface area contributed by atoms with E-state index in [2.05, 4.69) is 59.6 Å². The molecule has 0 bridgehead atoms. The Balaban J connectivity index is 1.64. The summed E-state index contributed by atoms with van der Waals surface area (Å²) in [6.07, 6.45) is 8.67. The van der Waals surface area contributed by atoms with Gasteiger partial charge in [0.25, 0.3) is 0 Å². The number of H-pyrrole nitrogens is 1. The first kappa shape index (κ1) is 19.5. The molecule has 0 radical (unpaired) electrons. The molecule has 1 aromatic heterocycles. The van der Waals surface area contributed by atoms with Gasteiger partial charge in [-0.1, -0.05) is 61.5 Å². The molecule has 0 fully saturated rings. The van der Waals surface area contributed by atoms with Gasteiger partial charge in [-0.15, -0.1) is 0 Å². The summed E-state index contributed by atoms with van der Waals surface area (Å²) in [5, 5.41) is 11.0. The number of allylic oxidation sites excluding steroid dienone is 1. The molecule has 4 rings (SSSR count). The van der Waals surface area contributed by atoms with Gasteiger partial charge in [0.1, 0.15) is 0 Å². The number of hydrogen-bond acceptors (Lipinski definition) is 1. The van der Waals surface area contributed by atoms with E-state index < -0.39 is 5.97 Å². The first-order valence-electron chi connectivity index (χ1n) is 10.7. The van der Waals surface area contributed by atoms with Crippen LogP contribution in [0, 0.1) is 5.41 Å². The van der Waals surface area contributed by atoms with Gasteiger partial charge in [-0.05, 0) is 67.6 Å². The summed E-state index contributed by atoms with van der Waals surface area (Å²) in [6, 6.07) is 19.1. The molecule has 0 saturated heterocycles. The van der Waals surface area contributed by atoms with Crippen LogP contribution in [0.5, 0.6) is 0 Å². The molecule has 1 aliphatic rings. The SMILES string of the molecule is CC/C(=C\C1(CCCc2ccccc2)CCc2[nH]c3ccccc3c2C1)C(=O)O. The van der Waals surface area contributed by atoms with Crippen molar-refractivity contribution in [2.45, 2.75) is 51.9 Å². The van der Waals surface area contributed by atoms with Gasteiger partial charge in [0.2, 0.25) is 0 Å². The van der Waals surface area contributed by atoms with Crippen LogP contribution in [0.3, 0.4) is 0 Å². The van der Waals surface area contributed by atoms with Gasteiger partial charge in [0.05, 0.1) is 0 Å². The second-order valence-electron chi connectivity index (χ2n) is 8.33. The fourth-order valence-electron chi connectivity index (χ4n) is 4.87. The Labute approximate surface area is 172 Å². The quantitative estimate of drug-likeness (QED) is 0.482. The van der Waals surface area contributed by atoms with Crippen molar-refractivity contribution in [3.05, 3.63) is 83.1 Å². The number of carboxylic acids is 1. The van der Waals surface area contributed by atoms with Crippen molar-refractivity contribution in [2.75, 3.05) is 0 Å². The van der Waals surface area contributed by atoms with Gasteiger partial charge in [0.15, 0.2) is 0 Å². The van der Waals surface area contributed by atoms with Gasteiger partial charge in [0, 0.05) is 22.2 Å². The summed E-state index contributed by atoms with van der Waals surface area (Å²) in [7, 11) is 0. The van der Waals surface area contributed by atoms with E-state index in [1.165, 1.54) is 27.7 Å². The monoisotopic (exact) mass is 387 g/mol. The van der Waals surface area contributed by atoms with Gasteiger partial charge in [-0.3, -0.25) is 0 Å². The average Bonchev–Trinajstić information content (AvgIpc) is 3.10. The largest absolute Gasteiger partial charge is 0.478 e. The lowest BCUT2D eigenvalue weighted by Crippen LogP contribution is -2.28. The average molecular weight is 388 g/mol. The third kappa shape index (κ3) is 4.14. The molecule has 0 amide bonds. The zero-order chi connectivity index (χ0) is 20.3. The van der Waals surface area contributed by atoms with Crippen molar-refractivity contribution in [3.63, 3.8) is 0 Å². The van der Waals surface area contributed by atoms with Gasteiger partial charge >= 0.3 is 5.97 Å². The Bertz CT molecular complexity index is 1030. The third-order valence-corrected chi connectivity index (χ3v) is 6.42. The molecule has 3 nitrogen and oxygen atoms in total. The zero-order valence-electron chi connectivity index (χ0n) is 17.1. The van der Waals surface area contributed by atoms with E-state index in [0.29, 0.717) is 12.0 Å². The predicted octanol–water partition coefficient (Wildman–Crippen LogP) is 6.09. The van der Waals surface area contributed by atoms with Crippen molar-refractivity contribution in [2.24, 2.45) is 5.41 Å². The second kappa shape index (κ2) is 8.28. The van der Waals surface area contributed by atoms with Crippen LogP contribution in [-0.2, 0) is 24.1 Å². The van der Waals surface area contributed by atoms with E-state index in [1.807, 2.05) is 13.0 Å². The number of benzene rings is 2. The number of aryl methyl sites for hydroxylation is 2. The summed E-state index contributed by atoms with van der Waals surface area (Å²) in [6.45, 7) is 1.94. The minimum atomic E-state index is -0.778. The molecule has 1 aliphatic carbocycles. The summed E-state index contributed by atoms with van der Waals surface area (Å²) in [5.74, 6) is -0.778. The normalized spacial score (nSPS) is 19.3. The van der Waals surface area contributed by atoms with Crippen LogP contribution < -0.4 is 0 Å². The van der Waals surface area contributed by atoms with Gasteiger partial charge in [-0.2, -0.15) is 0 Å². The van der Waals surface area contributed by atoms with Crippen LogP contribution in [-0.4, -0.2) is 16.1 Å². The van der Waals surface area contributed by atoms with Crippen molar-refractivity contribution in [3.8, 4) is 0 Å². The van der Waals surface area contributed by atoms with Crippen LogP contribution in [0.1, 0.15) is 49.4 Å². The van der Waals surface area contributed by atoms with Crippen LogP contribution >= 0.6 is 0 Å². The van der Waals surface area contributed by atoms with Crippen molar-refractivity contribution in [1.29, 1.82) is 0 Å². The second-order valence-corrected chi connectivity index (χ2v) is 8.33. The first-order valence-corrected chi connectivity index (χ1v) is 10.7. The number of aromatic nitrogens is 1. The number of nitrogens with one attached hydrogen (secondary N) is 1. The highest BCUT2D eigenvalue weighted by atomic mass is 16.4. The van der Waals surface area contributed by atoms with Gasteiger partial charge < -0.3 is 10.1 Å². The number of carboxylic acid groups (broad SMARTS) is 1. The fraction of sp³-hybridized carbons (Fsp3) is 0.346. The number of carbonyl (C=O) groups is 1. The van der Waals surface area contributed by atoms with E-state index >= 15 is 0 Å². The Morgan fingerprint density at radius 2 is 1.90 bits per heavy atom. The molecule has 1 atom stereocenters. The minimum Gasteiger partial charge on any atom is -0.478 e. The highest BCUT2D eigenvalue weighted by Crippen LogP contribution is 2.44. The molecule has 3 heteroatoms. The molecule has 0 aliphatic heterocycles. The molecule has 0 spiro atoms. The van der Waals surface area contributed by atoms with Crippen LogP contribution in [0.25, 0.3) is 10.9 Å². The zero-order valence-corrected chi connectivity index (χ0v) is 17.1. The molecular formula is C26H29NO2.